The van der Waals surface area contributed by atoms with Crippen LogP contribution in [-0.4, -0.2) is 16.6 Å². The highest BCUT2D eigenvalue weighted by molar-refractivity contribution is 6.07. The summed E-state index contributed by atoms with van der Waals surface area (Å²) >= 11 is 0. The van der Waals surface area contributed by atoms with E-state index in [1.54, 1.807) is 24.5 Å². The fourth-order valence-electron chi connectivity index (χ4n) is 3.83. The number of allylic oxidation sites excluding steroid dienone is 1. The number of amides is 1. The summed E-state index contributed by atoms with van der Waals surface area (Å²) in [6.45, 7) is 3.79. The van der Waals surface area contributed by atoms with Crippen molar-refractivity contribution in [1.82, 2.24) is 5.01 Å². The summed E-state index contributed by atoms with van der Waals surface area (Å²) in [6, 6.07) is 7.44. The Labute approximate surface area is 140 Å². The summed E-state index contributed by atoms with van der Waals surface area (Å²) in [5.41, 5.74) is 2.13. The highest BCUT2D eigenvalue weighted by atomic mass is 16.3. The number of nitrogens with zero attached hydrogens (tertiary/aromatic N) is 2. The van der Waals surface area contributed by atoms with Crippen molar-refractivity contribution >= 4 is 17.7 Å². The second-order valence-electron chi connectivity index (χ2n) is 6.65. The molecule has 2 aromatic rings. The smallest absolute Gasteiger partial charge is 0.240 e. The van der Waals surface area contributed by atoms with Crippen molar-refractivity contribution in [3.05, 3.63) is 53.9 Å². The maximum Gasteiger partial charge on any atom is 0.240 e. The molecule has 0 saturated heterocycles. The summed E-state index contributed by atoms with van der Waals surface area (Å²) in [6.07, 6.45) is 7.29. The van der Waals surface area contributed by atoms with Gasteiger partial charge in [0, 0.05) is 12.8 Å². The third kappa shape index (κ3) is 2.50. The van der Waals surface area contributed by atoms with Gasteiger partial charge < -0.3 is 8.83 Å². The molecule has 1 saturated carbocycles. The molecular formula is C19H20N2O3. The van der Waals surface area contributed by atoms with Crippen LogP contribution in [0.4, 0.5) is 0 Å². The molecule has 4 rings (SSSR count). The van der Waals surface area contributed by atoms with E-state index in [9.17, 15) is 4.79 Å². The van der Waals surface area contributed by atoms with E-state index in [1.807, 2.05) is 30.3 Å². The standard InChI is InChI=1S/C19H20N2O3/c1-12-9-14(11-15-5-3-7-23-15)18-16(10-12)19(17-6-4-8-24-17)21(20-18)13(2)22/h3-8,11-12,16,19H,9-10H2,1-2H3/b14-11+/t12-,16-,19+/m0/s1. The zero-order valence-electron chi connectivity index (χ0n) is 13.8. The Bertz CT molecular complexity index is 787. The Morgan fingerprint density at radius 2 is 2.08 bits per heavy atom. The molecule has 1 fully saturated rings. The third-order valence-electron chi connectivity index (χ3n) is 4.78. The monoisotopic (exact) mass is 324 g/mol. The van der Waals surface area contributed by atoms with Gasteiger partial charge in [0.2, 0.25) is 5.91 Å². The number of rotatable bonds is 2. The van der Waals surface area contributed by atoms with Gasteiger partial charge >= 0.3 is 0 Å². The van der Waals surface area contributed by atoms with Crippen LogP contribution in [0, 0.1) is 11.8 Å². The Kier molecular flexibility index (Phi) is 3.63. The minimum Gasteiger partial charge on any atom is -0.467 e. The maximum atomic E-state index is 12.1. The van der Waals surface area contributed by atoms with Gasteiger partial charge in [0.15, 0.2) is 0 Å². The summed E-state index contributed by atoms with van der Waals surface area (Å²) in [7, 11) is 0. The van der Waals surface area contributed by atoms with Crippen molar-refractivity contribution in [2.75, 3.05) is 0 Å². The van der Waals surface area contributed by atoms with Crippen LogP contribution in [0.2, 0.25) is 0 Å². The lowest BCUT2D eigenvalue weighted by Gasteiger charge is -2.30. The molecular weight excluding hydrogens is 304 g/mol. The molecule has 24 heavy (non-hydrogen) atoms. The Hall–Kier alpha value is -2.56. The number of fused-ring (bicyclic) bond motifs is 1. The van der Waals surface area contributed by atoms with Gasteiger partial charge in [-0.15, -0.1) is 0 Å². The molecule has 0 bridgehead atoms. The second kappa shape index (κ2) is 5.82. The number of carbonyl (C=O) groups is 1. The zero-order chi connectivity index (χ0) is 16.7. The van der Waals surface area contributed by atoms with Gasteiger partial charge in [0.05, 0.1) is 18.2 Å². The number of carbonyl (C=O) groups excluding carboxylic acids is 1. The topological polar surface area (TPSA) is 59.0 Å². The first-order valence-electron chi connectivity index (χ1n) is 8.29. The van der Waals surface area contributed by atoms with Gasteiger partial charge in [0.1, 0.15) is 17.6 Å². The van der Waals surface area contributed by atoms with Crippen molar-refractivity contribution < 1.29 is 13.6 Å². The first-order valence-corrected chi connectivity index (χ1v) is 8.29. The molecule has 124 valence electrons. The van der Waals surface area contributed by atoms with Crippen LogP contribution in [0.3, 0.4) is 0 Å². The van der Waals surface area contributed by atoms with E-state index < -0.39 is 0 Å². The lowest BCUT2D eigenvalue weighted by molar-refractivity contribution is -0.131. The second-order valence-corrected chi connectivity index (χ2v) is 6.65. The lowest BCUT2D eigenvalue weighted by atomic mass is 9.74. The third-order valence-corrected chi connectivity index (χ3v) is 4.78. The molecule has 0 aromatic carbocycles. The Morgan fingerprint density at radius 1 is 1.29 bits per heavy atom. The lowest BCUT2D eigenvalue weighted by Crippen LogP contribution is -2.32. The number of furan rings is 2. The van der Waals surface area contributed by atoms with Gasteiger partial charge in [-0.25, -0.2) is 5.01 Å². The van der Waals surface area contributed by atoms with E-state index in [0.29, 0.717) is 5.92 Å². The fourth-order valence-corrected chi connectivity index (χ4v) is 3.83. The summed E-state index contributed by atoms with van der Waals surface area (Å²) in [5.74, 6) is 2.21. The van der Waals surface area contributed by atoms with Crippen molar-refractivity contribution in [3.63, 3.8) is 0 Å². The van der Waals surface area contributed by atoms with Crippen molar-refractivity contribution in [3.8, 4) is 0 Å². The van der Waals surface area contributed by atoms with E-state index in [2.05, 4.69) is 12.0 Å². The average Bonchev–Trinajstić information content (AvgIpc) is 3.26. The molecule has 5 nitrogen and oxygen atoms in total. The van der Waals surface area contributed by atoms with Gasteiger partial charge in [-0.3, -0.25) is 4.79 Å². The van der Waals surface area contributed by atoms with Gasteiger partial charge in [-0.05, 0) is 54.7 Å². The average molecular weight is 324 g/mol. The van der Waals surface area contributed by atoms with E-state index in [0.717, 1.165) is 35.6 Å². The number of hydrogen-bond donors (Lipinski definition) is 0. The summed E-state index contributed by atoms with van der Waals surface area (Å²) < 4.78 is 11.1. The normalized spacial score (nSPS) is 28.1. The maximum absolute atomic E-state index is 12.1. The van der Waals surface area contributed by atoms with Gasteiger partial charge in [-0.2, -0.15) is 5.10 Å². The van der Waals surface area contributed by atoms with Crippen LogP contribution in [0.15, 0.2) is 56.3 Å². The van der Waals surface area contributed by atoms with Gasteiger partial charge in [0.25, 0.3) is 0 Å². The molecule has 1 amide bonds. The van der Waals surface area contributed by atoms with E-state index in [-0.39, 0.29) is 17.9 Å². The fraction of sp³-hybridized carbons (Fsp3) is 0.368. The molecule has 0 spiro atoms. The van der Waals surface area contributed by atoms with Gasteiger partial charge in [-0.1, -0.05) is 6.92 Å². The zero-order valence-corrected chi connectivity index (χ0v) is 13.8. The molecule has 5 heteroatoms. The van der Waals surface area contributed by atoms with E-state index in [4.69, 9.17) is 8.83 Å². The highest BCUT2D eigenvalue weighted by Crippen LogP contribution is 2.46. The molecule has 0 N–H and O–H groups in total. The molecule has 2 aliphatic rings. The molecule has 0 unspecified atom stereocenters. The first kappa shape index (κ1) is 15.0. The summed E-state index contributed by atoms with van der Waals surface area (Å²) in [4.78, 5) is 12.1. The van der Waals surface area contributed by atoms with E-state index in [1.165, 1.54) is 0 Å². The minimum absolute atomic E-state index is 0.0664. The van der Waals surface area contributed by atoms with Crippen LogP contribution < -0.4 is 0 Å². The highest BCUT2D eigenvalue weighted by Gasteiger charge is 2.45. The van der Waals surface area contributed by atoms with Crippen LogP contribution >= 0.6 is 0 Å². The van der Waals surface area contributed by atoms with Crippen molar-refractivity contribution in [2.24, 2.45) is 16.9 Å². The molecule has 0 radical (unpaired) electrons. The molecule has 3 atom stereocenters. The Morgan fingerprint density at radius 3 is 2.75 bits per heavy atom. The quantitative estimate of drug-likeness (QED) is 0.829. The van der Waals surface area contributed by atoms with Crippen LogP contribution in [0.5, 0.6) is 0 Å². The predicted molar refractivity (Wildman–Crippen MR) is 90.0 cm³/mol. The summed E-state index contributed by atoms with van der Waals surface area (Å²) in [5, 5.41) is 6.25. The van der Waals surface area contributed by atoms with Crippen molar-refractivity contribution in [1.29, 1.82) is 0 Å². The van der Waals surface area contributed by atoms with Crippen molar-refractivity contribution in [2.45, 2.75) is 32.7 Å². The van der Waals surface area contributed by atoms with E-state index >= 15 is 0 Å². The minimum atomic E-state index is -0.157. The number of hydrazone groups is 1. The molecule has 2 aromatic heterocycles. The number of hydrogen-bond acceptors (Lipinski definition) is 4. The largest absolute Gasteiger partial charge is 0.467 e. The molecule has 1 aliphatic heterocycles. The predicted octanol–water partition coefficient (Wildman–Crippen LogP) is 4.26. The van der Waals surface area contributed by atoms with Crippen LogP contribution in [0.1, 0.15) is 44.3 Å². The Balaban J connectivity index is 1.77. The molecule has 3 heterocycles. The first-order chi connectivity index (χ1) is 11.6. The molecule has 1 aliphatic carbocycles. The SMILES string of the molecule is CC(=O)N1N=C2/C(=C/c3ccco3)C[C@H](C)C[C@@H]2[C@@H]1c1ccco1. The van der Waals surface area contributed by atoms with Crippen LogP contribution in [0.25, 0.3) is 6.08 Å². The van der Waals surface area contributed by atoms with Crippen LogP contribution in [-0.2, 0) is 4.79 Å².